The van der Waals surface area contributed by atoms with Crippen molar-refractivity contribution in [3.63, 3.8) is 0 Å². The second-order valence-corrected chi connectivity index (χ2v) is 11.5. The lowest BCUT2D eigenvalue weighted by Gasteiger charge is -2.14. The summed E-state index contributed by atoms with van der Waals surface area (Å²) in [6.07, 6.45) is 5.50. The molecule has 0 aliphatic carbocycles. The maximum absolute atomic E-state index is 6.25. The van der Waals surface area contributed by atoms with Gasteiger partial charge in [0.15, 0.2) is 5.82 Å². The second-order valence-electron chi connectivity index (χ2n) is 11.5. The largest absolute Gasteiger partial charge is 0.456 e. The third-order valence-corrected chi connectivity index (χ3v) is 8.62. The van der Waals surface area contributed by atoms with Crippen molar-refractivity contribution < 1.29 is 4.42 Å². The summed E-state index contributed by atoms with van der Waals surface area (Å²) in [5.74, 6) is 0.658. The van der Waals surface area contributed by atoms with Crippen molar-refractivity contribution in [2.75, 3.05) is 0 Å². The first kappa shape index (κ1) is 26.9. The Morgan fingerprint density at radius 2 is 1.17 bits per heavy atom. The Kier molecular flexibility index (Phi) is 6.39. The number of hydrogen-bond acceptors (Lipinski definition) is 5. The summed E-state index contributed by atoms with van der Waals surface area (Å²) in [5, 5.41) is 3.20. The fourth-order valence-electron chi connectivity index (χ4n) is 6.42. The van der Waals surface area contributed by atoms with Gasteiger partial charge in [0, 0.05) is 57.0 Å². The van der Waals surface area contributed by atoms with Crippen LogP contribution in [0.25, 0.3) is 89.0 Å². The zero-order chi connectivity index (χ0) is 31.2. The first-order valence-electron chi connectivity index (χ1n) is 15.5. The number of rotatable bonds is 5. The molecule has 0 N–H and O–H groups in total. The van der Waals surface area contributed by atoms with Gasteiger partial charge in [0.05, 0.1) is 16.9 Å². The monoisotopic (exact) mass is 602 g/mol. The van der Waals surface area contributed by atoms with E-state index < -0.39 is 0 Å². The van der Waals surface area contributed by atoms with Gasteiger partial charge in [0.1, 0.15) is 11.2 Å². The van der Waals surface area contributed by atoms with Crippen LogP contribution < -0.4 is 0 Å². The van der Waals surface area contributed by atoms with Crippen LogP contribution in [0.2, 0.25) is 0 Å². The maximum atomic E-state index is 6.25. The normalized spacial score (nSPS) is 11.4. The Labute approximate surface area is 270 Å². The summed E-state index contributed by atoms with van der Waals surface area (Å²) >= 11 is 0. The maximum Gasteiger partial charge on any atom is 0.160 e. The average Bonchev–Trinajstić information content (AvgIpc) is 3.54. The molecule has 4 heterocycles. The summed E-state index contributed by atoms with van der Waals surface area (Å²) in [6, 6.07) is 47.7. The van der Waals surface area contributed by atoms with Crippen LogP contribution in [0.4, 0.5) is 0 Å². The number of para-hydroxylation sites is 2. The van der Waals surface area contributed by atoms with Gasteiger partial charge in [-0.15, -0.1) is 0 Å². The zero-order valence-electron chi connectivity index (χ0n) is 25.2. The Morgan fingerprint density at radius 1 is 0.447 bits per heavy atom. The molecule has 0 aliphatic heterocycles. The predicted molar refractivity (Wildman–Crippen MR) is 190 cm³/mol. The first-order valence-corrected chi connectivity index (χ1v) is 15.5. The number of furan rings is 1. The van der Waals surface area contributed by atoms with Crippen LogP contribution in [0.15, 0.2) is 163 Å². The van der Waals surface area contributed by atoms with E-state index in [0.29, 0.717) is 5.82 Å². The first-order chi connectivity index (χ1) is 23.3. The van der Waals surface area contributed by atoms with Crippen molar-refractivity contribution >= 4 is 32.8 Å². The van der Waals surface area contributed by atoms with E-state index in [2.05, 4.69) is 77.8 Å². The number of hydrogen-bond donors (Lipinski definition) is 0. The van der Waals surface area contributed by atoms with Gasteiger partial charge in [0.2, 0.25) is 0 Å². The summed E-state index contributed by atoms with van der Waals surface area (Å²) < 4.78 is 6.25. The van der Waals surface area contributed by atoms with Crippen molar-refractivity contribution in [1.82, 2.24) is 19.9 Å². The molecule has 5 nitrogen and oxygen atoms in total. The Hall–Kier alpha value is -6.46. The van der Waals surface area contributed by atoms with E-state index in [1.807, 2.05) is 85.3 Å². The lowest BCUT2D eigenvalue weighted by Crippen LogP contribution is -1.97. The lowest BCUT2D eigenvalue weighted by atomic mass is 9.93. The van der Waals surface area contributed by atoms with Crippen molar-refractivity contribution in [2.45, 2.75) is 0 Å². The molecule has 9 rings (SSSR count). The average molecular weight is 603 g/mol. The molecule has 0 amide bonds. The molecule has 0 spiro atoms. The minimum Gasteiger partial charge on any atom is -0.456 e. The van der Waals surface area contributed by atoms with Gasteiger partial charge >= 0.3 is 0 Å². The molecule has 0 saturated carbocycles. The second kappa shape index (κ2) is 11.2. The molecule has 0 unspecified atom stereocenters. The van der Waals surface area contributed by atoms with Gasteiger partial charge < -0.3 is 4.42 Å². The van der Waals surface area contributed by atoms with Crippen LogP contribution in [-0.2, 0) is 0 Å². The highest BCUT2D eigenvalue weighted by atomic mass is 16.3. The van der Waals surface area contributed by atoms with Crippen LogP contribution in [0.1, 0.15) is 0 Å². The van der Waals surface area contributed by atoms with Crippen LogP contribution in [0, 0.1) is 0 Å². The minimum absolute atomic E-state index is 0.658. The van der Waals surface area contributed by atoms with E-state index in [1.54, 1.807) is 0 Å². The molecule has 0 fully saturated rings. The van der Waals surface area contributed by atoms with Crippen molar-refractivity contribution in [1.29, 1.82) is 0 Å². The summed E-state index contributed by atoms with van der Waals surface area (Å²) in [6.45, 7) is 0. The highest BCUT2D eigenvalue weighted by Crippen LogP contribution is 2.39. The van der Waals surface area contributed by atoms with E-state index >= 15 is 0 Å². The summed E-state index contributed by atoms with van der Waals surface area (Å²) in [5.41, 5.74) is 11.5. The molecule has 4 aromatic heterocycles. The van der Waals surface area contributed by atoms with Gasteiger partial charge in [-0.3, -0.25) is 9.97 Å². The zero-order valence-corrected chi connectivity index (χ0v) is 25.2. The van der Waals surface area contributed by atoms with Gasteiger partial charge in [-0.1, -0.05) is 84.9 Å². The Bertz CT molecular complexity index is 2570. The highest BCUT2D eigenvalue weighted by Gasteiger charge is 2.18. The van der Waals surface area contributed by atoms with Gasteiger partial charge in [0.25, 0.3) is 0 Å². The lowest BCUT2D eigenvalue weighted by molar-refractivity contribution is 0.669. The molecule has 0 radical (unpaired) electrons. The van der Waals surface area contributed by atoms with Crippen LogP contribution >= 0.6 is 0 Å². The molecule has 0 bridgehead atoms. The molecule has 5 heteroatoms. The third-order valence-electron chi connectivity index (χ3n) is 8.62. The number of fused-ring (bicyclic) bond motifs is 4. The molecular formula is C42H26N4O. The molecule has 0 aliphatic rings. The quantitative estimate of drug-likeness (QED) is 0.196. The van der Waals surface area contributed by atoms with Crippen molar-refractivity contribution in [3.8, 4) is 56.2 Å². The standard InChI is InChI=1S/C42H26N4O/c1-2-9-29(10-3-1)42-45-36(26-37(46-42)34-15-7-17-39-40(34)35-13-4-5-16-38(35)47-39)32-24-30(27-18-21-43-22-19-27)23-31(25-32)33-14-6-11-28-12-8-20-44-41(28)33/h1-26H. The van der Waals surface area contributed by atoms with Gasteiger partial charge in [-0.05, 0) is 71.3 Å². The molecule has 5 aromatic carbocycles. The van der Waals surface area contributed by atoms with Crippen LogP contribution in [0.3, 0.4) is 0 Å². The fourth-order valence-corrected chi connectivity index (χ4v) is 6.42. The molecular weight excluding hydrogens is 576 g/mol. The third kappa shape index (κ3) is 4.82. The predicted octanol–water partition coefficient (Wildman–Crippen LogP) is 10.7. The SMILES string of the molecule is c1ccc(-c2nc(-c3cc(-c4ccncc4)cc(-c4cccc5cccnc45)c3)cc(-c3cccc4oc5ccccc5c34)n2)cc1. The highest BCUT2D eigenvalue weighted by molar-refractivity contribution is 6.12. The van der Waals surface area contributed by atoms with Gasteiger partial charge in [-0.2, -0.15) is 0 Å². The number of benzene rings is 5. The molecule has 9 aromatic rings. The molecule has 0 atom stereocenters. The molecule has 47 heavy (non-hydrogen) atoms. The number of aromatic nitrogens is 4. The van der Waals surface area contributed by atoms with E-state index in [1.165, 1.54) is 0 Å². The Balaban J connectivity index is 1.32. The summed E-state index contributed by atoms with van der Waals surface area (Å²) in [7, 11) is 0. The van der Waals surface area contributed by atoms with E-state index in [9.17, 15) is 0 Å². The fraction of sp³-hybridized carbons (Fsp3) is 0. The minimum atomic E-state index is 0.658. The smallest absolute Gasteiger partial charge is 0.160 e. The van der Waals surface area contributed by atoms with Crippen molar-refractivity contribution in [2.24, 2.45) is 0 Å². The van der Waals surface area contributed by atoms with E-state index in [-0.39, 0.29) is 0 Å². The van der Waals surface area contributed by atoms with Crippen LogP contribution in [0.5, 0.6) is 0 Å². The van der Waals surface area contributed by atoms with E-state index in [4.69, 9.17) is 19.4 Å². The summed E-state index contributed by atoms with van der Waals surface area (Å²) in [4.78, 5) is 19.4. The van der Waals surface area contributed by atoms with E-state index in [0.717, 1.165) is 83.2 Å². The number of pyridine rings is 2. The van der Waals surface area contributed by atoms with Crippen molar-refractivity contribution in [3.05, 3.63) is 158 Å². The van der Waals surface area contributed by atoms with Gasteiger partial charge in [-0.25, -0.2) is 9.97 Å². The Morgan fingerprint density at radius 3 is 2.09 bits per heavy atom. The van der Waals surface area contributed by atoms with Crippen LogP contribution in [-0.4, -0.2) is 19.9 Å². The topological polar surface area (TPSA) is 64.7 Å². The molecule has 220 valence electrons. The number of nitrogens with zero attached hydrogens (tertiary/aromatic N) is 4. The molecule has 0 saturated heterocycles.